The molecule has 1 aromatic heterocycles. The van der Waals surface area contributed by atoms with Gasteiger partial charge < -0.3 is 10.2 Å². The fourth-order valence-electron chi connectivity index (χ4n) is 2.20. The van der Waals surface area contributed by atoms with Crippen LogP contribution in [0.25, 0.3) is 5.69 Å². The van der Waals surface area contributed by atoms with Crippen molar-refractivity contribution < 1.29 is 15.0 Å². The van der Waals surface area contributed by atoms with Crippen LogP contribution >= 0.6 is 0 Å². The predicted molar refractivity (Wildman–Crippen MR) is 75.4 cm³/mol. The van der Waals surface area contributed by atoms with E-state index in [2.05, 4.69) is 18.9 Å². The standard InChI is InChI=1S/C15H18N2O3/c1-10(2)12-5-3-4-6-13(12)17-9-11(7-8-18)14(16-17)15(19)20/h3-6,9-10,18H,7-8H2,1-2H3,(H,19,20). The Labute approximate surface area is 117 Å². The molecule has 1 aromatic carbocycles. The number of carboxylic acids is 1. The average molecular weight is 274 g/mol. The van der Waals surface area contributed by atoms with Gasteiger partial charge in [0.15, 0.2) is 5.69 Å². The second-order valence-electron chi connectivity index (χ2n) is 4.94. The van der Waals surface area contributed by atoms with E-state index in [4.69, 9.17) is 5.11 Å². The summed E-state index contributed by atoms with van der Waals surface area (Å²) in [7, 11) is 0. The molecule has 0 fully saturated rings. The summed E-state index contributed by atoms with van der Waals surface area (Å²) >= 11 is 0. The molecule has 0 amide bonds. The summed E-state index contributed by atoms with van der Waals surface area (Å²) in [4.78, 5) is 11.2. The van der Waals surface area contributed by atoms with E-state index in [1.165, 1.54) is 0 Å². The monoisotopic (exact) mass is 274 g/mol. The molecule has 0 unspecified atom stereocenters. The zero-order valence-corrected chi connectivity index (χ0v) is 11.6. The van der Waals surface area contributed by atoms with Crippen LogP contribution in [0.4, 0.5) is 0 Å². The molecule has 0 atom stereocenters. The molecule has 2 rings (SSSR count). The highest BCUT2D eigenvalue weighted by molar-refractivity contribution is 5.87. The molecular formula is C15H18N2O3. The summed E-state index contributed by atoms with van der Waals surface area (Å²) in [5.74, 6) is -0.765. The van der Waals surface area contributed by atoms with Crippen LogP contribution in [0.3, 0.4) is 0 Å². The van der Waals surface area contributed by atoms with Crippen molar-refractivity contribution in [2.45, 2.75) is 26.2 Å². The summed E-state index contributed by atoms with van der Waals surface area (Å²) in [5.41, 5.74) is 2.51. The number of benzene rings is 1. The lowest BCUT2D eigenvalue weighted by molar-refractivity contribution is 0.0688. The predicted octanol–water partition coefficient (Wildman–Crippen LogP) is 2.23. The molecule has 0 radical (unpaired) electrons. The van der Waals surface area contributed by atoms with Gasteiger partial charge in [0.2, 0.25) is 0 Å². The van der Waals surface area contributed by atoms with Crippen molar-refractivity contribution in [1.29, 1.82) is 0 Å². The van der Waals surface area contributed by atoms with Crippen molar-refractivity contribution in [3.05, 3.63) is 47.3 Å². The molecule has 0 saturated carbocycles. The Morgan fingerprint density at radius 2 is 2.05 bits per heavy atom. The third-order valence-corrected chi connectivity index (χ3v) is 3.18. The van der Waals surface area contributed by atoms with Crippen LogP contribution in [0.15, 0.2) is 30.5 Å². The topological polar surface area (TPSA) is 75.4 Å². The van der Waals surface area contributed by atoms with Crippen LogP contribution in [0.1, 0.15) is 41.4 Å². The number of aliphatic hydroxyl groups is 1. The second kappa shape index (κ2) is 5.88. The Morgan fingerprint density at radius 1 is 1.35 bits per heavy atom. The van der Waals surface area contributed by atoms with Crippen molar-refractivity contribution in [2.24, 2.45) is 0 Å². The minimum absolute atomic E-state index is 0.00221. The number of carbonyl (C=O) groups is 1. The van der Waals surface area contributed by atoms with E-state index in [1.54, 1.807) is 10.9 Å². The highest BCUT2D eigenvalue weighted by atomic mass is 16.4. The third kappa shape index (κ3) is 2.72. The molecule has 0 spiro atoms. The number of aromatic carboxylic acids is 1. The summed E-state index contributed by atoms with van der Waals surface area (Å²) in [5, 5.41) is 22.3. The number of carboxylic acid groups (broad SMARTS) is 1. The van der Waals surface area contributed by atoms with Gasteiger partial charge in [-0.25, -0.2) is 9.48 Å². The lowest BCUT2D eigenvalue weighted by Gasteiger charge is -2.12. The number of rotatable bonds is 5. The maximum Gasteiger partial charge on any atom is 0.356 e. The molecule has 0 aliphatic carbocycles. The molecule has 0 aliphatic rings. The van der Waals surface area contributed by atoms with Crippen LogP contribution < -0.4 is 0 Å². The van der Waals surface area contributed by atoms with Crippen molar-refractivity contribution in [1.82, 2.24) is 9.78 Å². The SMILES string of the molecule is CC(C)c1ccccc1-n1cc(CCO)c(C(=O)O)n1. The zero-order chi connectivity index (χ0) is 14.7. The average Bonchev–Trinajstić information content (AvgIpc) is 2.83. The Hall–Kier alpha value is -2.14. The number of nitrogens with zero attached hydrogens (tertiary/aromatic N) is 2. The lowest BCUT2D eigenvalue weighted by Crippen LogP contribution is -2.05. The van der Waals surface area contributed by atoms with Crippen LogP contribution in [-0.2, 0) is 6.42 Å². The van der Waals surface area contributed by atoms with Gasteiger partial charge in [-0.15, -0.1) is 0 Å². The van der Waals surface area contributed by atoms with E-state index in [-0.39, 0.29) is 18.7 Å². The van der Waals surface area contributed by atoms with Crippen molar-refractivity contribution >= 4 is 5.97 Å². The summed E-state index contributed by atoms with van der Waals surface area (Å²) < 4.78 is 1.59. The number of aromatic nitrogens is 2. The van der Waals surface area contributed by atoms with Gasteiger partial charge in [-0.1, -0.05) is 32.0 Å². The highest BCUT2D eigenvalue weighted by Gasteiger charge is 2.17. The molecule has 1 heterocycles. The first kappa shape index (κ1) is 14.3. The van der Waals surface area contributed by atoms with Crippen LogP contribution in [-0.4, -0.2) is 32.6 Å². The quantitative estimate of drug-likeness (QED) is 0.876. The second-order valence-corrected chi connectivity index (χ2v) is 4.94. The lowest BCUT2D eigenvalue weighted by atomic mass is 10.0. The Morgan fingerprint density at radius 3 is 2.65 bits per heavy atom. The van der Waals surface area contributed by atoms with E-state index < -0.39 is 5.97 Å². The van der Waals surface area contributed by atoms with Gasteiger partial charge in [0.05, 0.1) is 5.69 Å². The molecule has 0 bridgehead atoms. The van der Waals surface area contributed by atoms with E-state index in [0.29, 0.717) is 11.5 Å². The normalized spacial score (nSPS) is 11.0. The fraction of sp³-hybridized carbons (Fsp3) is 0.333. The maximum atomic E-state index is 11.2. The van der Waals surface area contributed by atoms with Crippen LogP contribution in [0.5, 0.6) is 0 Å². The van der Waals surface area contributed by atoms with Gasteiger partial charge in [0.25, 0.3) is 0 Å². The van der Waals surface area contributed by atoms with E-state index in [1.807, 2.05) is 24.3 Å². The minimum Gasteiger partial charge on any atom is -0.476 e. The Bertz CT molecular complexity index is 617. The molecule has 2 aromatic rings. The molecule has 5 nitrogen and oxygen atoms in total. The van der Waals surface area contributed by atoms with Crippen LogP contribution in [0, 0.1) is 0 Å². The van der Waals surface area contributed by atoms with Gasteiger partial charge in [-0.05, 0) is 24.0 Å². The molecule has 0 saturated heterocycles. The molecule has 106 valence electrons. The zero-order valence-electron chi connectivity index (χ0n) is 11.6. The van der Waals surface area contributed by atoms with Crippen molar-refractivity contribution in [3.8, 4) is 5.69 Å². The van der Waals surface area contributed by atoms with Crippen LogP contribution in [0.2, 0.25) is 0 Å². The largest absolute Gasteiger partial charge is 0.476 e. The van der Waals surface area contributed by atoms with Gasteiger partial charge >= 0.3 is 5.97 Å². The van der Waals surface area contributed by atoms with Crippen molar-refractivity contribution in [3.63, 3.8) is 0 Å². The summed E-state index contributed by atoms with van der Waals surface area (Å²) in [6.45, 7) is 4.06. The number of hydrogen-bond acceptors (Lipinski definition) is 3. The Kier molecular flexibility index (Phi) is 4.20. The molecular weight excluding hydrogens is 256 g/mol. The highest BCUT2D eigenvalue weighted by Crippen LogP contribution is 2.23. The number of hydrogen-bond donors (Lipinski definition) is 2. The third-order valence-electron chi connectivity index (χ3n) is 3.18. The van der Waals surface area contributed by atoms with Crippen molar-refractivity contribution in [2.75, 3.05) is 6.61 Å². The molecule has 20 heavy (non-hydrogen) atoms. The maximum absolute atomic E-state index is 11.2. The first-order valence-corrected chi connectivity index (χ1v) is 6.56. The number of para-hydroxylation sites is 1. The fourth-order valence-corrected chi connectivity index (χ4v) is 2.20. The minimum atomic E-state index is -1.07. The van der Waals surface area contributed by atoms with Gasteiger partial charge in [0, 0.05) is 18.4 Å². The first-order chi connectivity index (χ1) is 9.54. The molecule has 5 heteroatoms. The summed E-state index contributed by atoms with van der Waals surface area (Å²) in [6, 6.07) is 7.77. The molecule has 0 aliphatic heterocycles. The van der Waals surface area contributed by atoms with E-state index in [0.717, 1.165) is 11.3 Å². The Balaban J connectivity index is 2.53. The van der Waals surface area contributed by atoms with Gasteiger partial charge in [-0.3, -0.25) is 0 Å². The first-order valence-electron chi connectivity index (χ1n) is 6.56. The smallest absolute Gasteiger partial charge is 0.356 e. The van der Waals surface area contributed by atoms with Gasteiger partial charge in [-0.2, -0.15) is 5.10 Å². The van der Waals surface area contributed by atoms with Gasteiger partial charge in [0.1, 0.15) is 0 Å². The van der Waals surface area contributed by atoms with E-state index in [9.17, 15) is 9.90 Å². The molecule has 2 N–H and O–H groups in total. The van der Waals surface area contributed by atoms with E-state index >= 15 is 0 Å². The summed E-state index contributed by atoms with van der Waals surface area (Å²) in [6.07, 6.45) is 1.96. The number of aliphatic hydroxyl groups excluding tert-OH is 1.